The van der Waals surface area contributed by atoms with Crippen molar-refractivity contribution in [2.24, 2.45) is 0 Å². The lowest BCUT2D eigenvalue weighted by Gasteiger charge is -2.20. The van der Waals surface area contributed by atoms with Gasteiger partial charge in [0.15, 0.2) is 0 Å². The standard InChI is InChI=1S/C14H17N3O6/c1-15-9(14(19)20)7-12(18)16-6-5-8-11(23-2)4-3-10(13(8)16)17(21)22/h3-4,9,15H,5-7H2,1-2H3,(H,19,20)/t9-/m1/s1. The number of nitrogens with zero attached hydrogens (tertiary/aromatic N) is 2. The van der Waals surface area contributed by atoms with Crippen LogP contribution in [0.5, 0.6) is 5.75 Å². The van der Waals surface area contributed by atoms with Crippen molar-refractivity contribution in [1.29, 1.82) is 0 Å². The molecule has 2 N–H and O–H groups in total. The number of amides is 1. The van der Waals surface area contributed by atoms with Gasteiger partial charge >= 0.3 is 5.97 Å². The Bertz CT molecular complexity index is 660. The average molecular weight is 323 g/mol. The van der Waals surface area contributed by atoms with Crippen LogP contribution in [0.25, 0.3) is 0 Å². The maximum absolute atomic E-state index is 12.4. The Kier molecular flexibility index (Phi) is 4.80. The minimum absolute atomic E-state index is 0.192. The lowest BCUT2D eigenvalue weighted by Crippen LogP contribution is -2.40. The monoisotopic (exact) mass is 323 g/mol. The molecule has 1 amide bonds. The molecule has 9 nitrogen and oxygen atoms in total. The molecular weight excluding hydrogens is 306 g/mol. The quantitative estimate of drug-likeness (QED) is 0.579. The molecule has 1 aliphatic rings. The van der Waals surface area contributed by atoms with Crippen molar-refractivity contribution < 1.29 is 24.4 Å². The van der Waals surface area contributed by atoms with Gasteiger partial charge in [0.2, 0.25) is 5.91 Å². The number of benzene rings is 1. The number of aliphatic carboxylic acids is 1. The van der Waals surface area contributed by atoms with Crippen LogP contribution >= 0.6 is 0 Å². The molecule has 124 valence electrons. The summed E-state index contributed by atoms with van der Waals surface area (Å²) in [4.78, 5) is 35.4. The molecule has 2 rings (SSSR count). The van der Waals surface area contributed by atoms with Crippen molar-refractivity contribution in [3.05, 3.63) is 27.8 Å². The van der Waals surface area contributed by atoms with E-state index >= 15 is 0 Å². The summed E-state index contributed by atoms with van der Waals surface area (Å²) < 4.78 is 5.19. The Morgan fingerprint density at radius 1 is 1.52 bits per heavy atom. The molecule has 1 atom stereocenters. The maximum Gasteiger partial charge on any atom is 0.321 e. The van der Waals surface area contributed by atoms with Gasteiger partial charge < -0.3 is 20.1 Å². The van der Waals surface area contributed by atoms with E-state index in [9.17, 15) is 19.7 Å². The molecule has 0 aromatic heterocycles. The first-order valence-electron chi connectivity index (χ1n) is 6.95. The van der Waals surface area contributed by atoms with Gasteiger partial charge in [-0.15, -0.1) is 0 Å². The minimum atomic E-state index is -1.15. The van der Waals surface area contributed by atoms with Gasteiger partial charge in [-0.25, -0.2) is 0 Å². The second kappa shape index (κ2) is 6.61. The van der Waals surface area contributed by atoms with Crippen LogP contribution in [0.1, 0.15) is 12.0 Å². The number of likely N-dealkylation sites (N-methyl/N-ethyl adjacent to an activating group) is 1. The van der Waals surface area contributed by atoms with E-state index in [0.29, 0.717) is 17.7 Å². The molecule has 1 aromatic carbocycles. The van der Waals surface area contributed by atoms with Crippen LogP contribution in [0, 0.1) is 10.1 Å². The highest BCUT2D eigenvalue weighted by Crippen LogP contribution is 2.42. The molecule has 23 heavy (non-hydrogen) atoms. The lowest BCUT2D eigenvalue weighted by molar-refractivity contribution is -0.384. The van der Waals surface area contributed by atoms with Gasteiger partial charge in [0, 0.05) is 18.2 Å². The Morgan fingerprint density at radius 3 is 2.74 bits per heavy atom. The van der Waals surface area contributed by atoms with Gasteiger partial charge in [0.05, 0.1) is 18.5 Å². The lowest BCUT2D eigenvalue weighted by atomic mass is 10.1. The van der Waals surface area contributed by atoms with Crippen molar-refractivity contribution in [2.45, 2.75) is 18.9 Å². The largest absolute Gasteiger partial charge is 0.496 e. The highest BCUT2D eigenvalue weighted by Gasteiger charge is 2.35. The molecule has 0 bridgehead atoms. The molecule has 0 saturated carbocycles. The predicted octanol–water partition coefficient (Wildman–Crippen LogP) is 0.555. The number of nitrogens with one attached hydrogen (secondary N) is 1. The van der Waals surface area contributed by atoms with Crippen LogP contribution in [0.3, 0.4) is 0 Å². The first-order chi connectivity index (χ1) is 10.9. The number of ether oxygens (including phenoxy) is 1. The predicted molar refractivity (Wildman–Crippen MR) is 80.8 cm³/mol. The summed E-state index contributed by atoms with van der Waals surface area (Å²) in [6.07, 6.45) is 0.128. The second-order valence-corrected chi connectivity index (χ2v) is 5.05. The summed E-state index contributed by atoms with van der Waals surface area (Å²) in [5.41, 5.74) is 0.592. The third-order valence-corrected chi connectivity index (χ3v) is 3.82. The first kappa shape index (κ1) is 16.7. The number of carbonyl (C=O) groups excluding carboxylic acids is 1. The van der Waals surface area contributed by atoms with Crippen LogP contribution < -0.4 is 15.0 Å². The summed E-state index contributed by atoms with van der Waals surface area (Å²) in [6.45, 7) is 0.255. The maximum atomic E-state index is 12.4. The van der Waals surface area contributed by atoms with E-state index in [1.54, 1.807) is 0 Å². The van der Waals surface area contributed by atoms with E-state index in [2.05, 4.69) is 5.32 Å². The molecular formula is C14H17N3O6. The van der Waals surface area contributed by atoms with Crippen LogP contribution in [-0.2, 0) is 16.0 Å². The number of carbonyl (C=O) groups is 2. The van der Waals surface area contributed by atoms with Gasteiger partial charge in [-0.2, -0.15) is 0 Å². The Morgan fingerprint density at radius 2 is 2.22 bits per heavy atom. The first-order valence-corrected chi connectivity index (χ1v) is 6.95. The van der Waals surface area contributed by atoms with Crippen molar-refractivity contribution in [3.63, 3.8) is 0 Å². The number of nitro groups is 1. The number of methoxy groups -OCH3 is 1. The van der Waals surface area contributed by atoms with E-state index in [1.807, 2.05) is 0 Å². The van der Waals surface area contributed by atoms with E-state index in [4.69, 9.17) is 9.84 Å². The molecule has 0 saturated heterocycles. The van der Waals surface area contributed by atoms with Crippen molar-refractivity contribution >= 4 is 23.3 Å². The summed E-state index contributed by atoms with van der Waals surface area (Å²) in [7, 11) is 2.89. The SMILES string of the molecule is CN[C@H](CC(=O)N1CCc2c(OC)ccc([N+](=O)[O-])c21)C(=O)O. The highest BCUT2D eigenvalue weighted by molar-refractivity contribution is 6.00. The summed E-state index contributed by atoms with van der Waals surface area (Å²) >= 11 is 0. The fraction of sp³-hybridized carbons (Fsp3) is 0.429. The molecule has 1 aromatic rings. The van der Waals surface area contributed by atoms with E-state index in [0.717, 1.165) is 0 Å². The van der Waals surface area contributed by atoms with Crippen LogP contribution in [0.15, 0.2) is 12.1 Å². The van der Waals surface area contributed by atoms with E-state index in [1.165, 1.54) is 31.2 Å². The molecule has 0 spiro atoms. The van der Waals surface area contributed by atoms with E-state index in [-0.39, 0.29) is 24.3 Å². The molecule has 0 radical (unpaired) electrons. The number of carboxylic acids is 1. The molecule has 1 aliphatic heterocycles. The number of fused-ring (bicyclic) bond motifs is 1. The number of nitro benzene ring substituents is 1. The minimum Gasteiger partial charge on any atom is -0.496 e. The number of hydrogen-bond donors (Lipinski definition) is 2. The summed E-state index contributed by atoms with van der Waals surface area (Å²) in [5, 5.41) is 22.8. The second-order valence-electron chi connectivity index (χ2n) is 5.05. The fourth-order valence-corrected chi connectivity index (χ4v) is 2.67. The number of carboxylic acid groups (broad SMARTS) is 1. The zero-order chi connectivity index (χ0) is 17.1. The number of anilines is 1. The van der Waals surface area contributed by atoms with E-state index < -0.39 is 22.8 Å². The Hall–Kier alpha value is -2.68. The molecule has 0 fully saturated rings. The number of rotatable bonds is 6. The van der Waals surface area contributed by atoms with Gasteiger partial charge in [-0.05, 0) is 19.5 Å². The zero-order valence-electron chi connectivity index (χ0n) is 12.7. The third-order valence-electron chi connectivity index (χ3n) is 3.82. The fourth-order valence-electron chi connectivity index (χ4n) is 2.67. The third kappa shape index (κ3) is 3.09. The van der Waals surface area contributed by atoms with Crippen LogP contribution in [0.4, 0.5) is 11.4 Å². The summed E-state index contributed by atoms with van der Waals surface area (Å²) in [5.74, 6) is -1.16. The smallest absolute Gasteiger partial charge is 0.321 e. The normalized spacial score (nSPS) is 14.3. The topological polar surface area (TPSA) is 122 Å². The van der Waals surface area contributed by atoms with Gasteiger partial charge in [-0.3, -0.25) is 19.7 Å². The zero-order valence-corrected chi connectivity index (χ0v) is 12.7. The van der Waals surface area contributed by atoms with Crippen molar-refractivity contribution in [2.75, 3.05) is 25.6 Å². The summed E-state index contributed by atoms with van der Waals surface area (Å²) in [6, 6.07) is 1.74. The highest BCUT2D eigenvalue weighted by atomic mass is 16.6. The van der Waals surface area contributed by atoms with Gasteiger partial charge in [0.1, 0.15) is 17.5 Å². The molecule has 9 heteroatoms. The van der Waals surface area contributed by atoms with Crippen LogP contribution in [0.2, 0.25) is 0 Å². The van der Waals surface area contributed by atoms with Gasteiger partial charge in [-0.1, -0.05) is 0 Å². The van der Waals surface area contributed by atoms with Crippen LogP contribution in [-0.4, -0.2) is 48.7 Å². The Balaban J connectivity index is 2.38. The molecule has 0 unspecified atom stereocenters. The Labute approximate surface area is 132 Å². The number of hydrogen-bond acceptors (Lipinski definition) is 6. The molecule has 0 aliphatic carbocycles. The average Bonchev–Trinajstić information content (AvgIpc) is 2.95. The van der Waals surface area contributed by atoms with Crippen molar-refractivity contribution in [3.8, 4) is 5.75 Å². The van der Waals surface area contributed by atoms with Gasteiger partial charge in [0.25, 0.3) is 5.69 Å². The van der Waals surface area contributed by atoms with Crippen molar-refractivity contribution in [1.82, 2.24) is 5.32 Å². The molecule has 1 heterocycles.